The maximum absolute atomic E-state index is 13.2. The SMILES string of the molecule is O=C(NCC1CCN(c2ccc(C(F)(F)F)cc2)CC1)[C@H]1CC[C@@H](Nc2ccc([N+](=O)[O-])c(C(F)(F)F)c2)CC1. The number of carbonyl (C=O) groups excluding carboxylic acids is 1. The fraction of sp³-hybridized carbons (Fsp3) is 0.519. The molecule has 40 heavy (non-hydrogen) atoms. The maximum Gasteiger partial charge on any atom is 0.423 e. The van der Waals surface area contributed by atoms with E-state index in [2.05, 4.69) is 10.6 Å². The smallest absolute Gasteiger partial charge is 0.382 e. The third-order valence-electron chi connectivity index (χ3n) is 7.71. The number of nitro benzene ring substituents is 1. The summed E-state index contributed by atoms with van der Waals surface area (Å²) in [5.41, 5.74) is -2.09. The van der Waals surface area contributed by atoms with Gasteiger partial charge in [-0.05, 0) is 80.8 Å². The van der Waals surface area contributed by atoms with E-state index in [0.29, 0.717) is 45.3 Å². The standard InChI is InChI=1S/C27H30F6N4O3/c28-26(29,30)19-3-8-22(9-4-19)36-13-11-17(12-14-36)16-34-25(38)18-1-5-20(6-2-18)35-21-7-10-24(37(39)40)23(15-21)27(31,32)33/h3-4,7-10,15,17-18,20,35H,1-2,5-6,11-14,16H2,(H,34,38)/t18-,20+. The van der Waals surface area contributed by atoms with Crippen LogP contribution in [-0.4, -0.2) is 36.5 Å². The number of halogens is 6. The fourth-order valence-corrected chi connectivity index (χ4v) is 5.39. The van der Waals surface area contributed by atoms with Gasteiger partial charge < -0.3 is 15.5 Å². The van der Waals surface area contributed by atoms with E-state index in [-0.39, 0.29) is 29.5 Å². The van der Waals surface area contributed by atoms with Crippen molar-refractivity contribution in [3.8, 4) is 0 Å². The van der Waals surface area contributed by atoms with Crippen LogP contribution in [0.25, 0.3) is 0 Å². The Balaban J connectivity index is 1.19. The van der Waals surface area contributed by atoms with Crippen molar-refractivity contribution < 1.29 is 36.1 Å². The van der Waals surface area contributed by atoms with Crippen LogP contribution in [-0.2, 0) is 17.1 Å². The summed E-state index contributed by atoms with van der Waals surface area (Å²) in [6, 6.07) is 7.82. The largest absolute Gasteiger partial charge is 0.423 e. The van der Waals surface area contributed by atoms with Crippen LogP contribution >= 0.6 is 0 Å². The first-order valence-electron chi connectivity index (χ1n) is 13.1. The lowest BCUT2D eigenvalue weighted by Gasteiger charge is -2.34. The summed E-state index contributed by atoms with van der Waals surface area (Å²) < 4.78 is 78.1. The summed E-state index contributed by atoms with van der Waals surface area (Å²) in [7, 11) is 0. The van der Waals surface area contributed by atoms with Crippen LogP contribution in [0.4, 0.5) is 43.4 Å². The van der Waals surface area contributed by atoms with Crippen LogP contribution in [0.2, 0.25) is 0 Å². The van der Waals surface area contributed by atoms with Crippen LogP contribution in [0.5, 0.6) is 0 Å². The van der Waals surface area contributed by atoms with Gasteiger partial charge in [-0.15, -0.1) is 0 Å². The van der Waals surface area contributed by atoms with E-state index in [1.165, 1.54) is 18.2 Å². The van der Waals surface area contributed by atoms with Gasteiger partial charge in [0.05, 0.1) is 10.5 Å². The van der Waals surface area contributed by atoms with Crippen LogP contribution in [0.3, 0.4) is 0 Å². The third-order valence-corrected chi connectivity index (χ3v) is 7.71. The zero-order valence-electron chi connectivity index (χ0n) is 21.5. The average Bonchev–Trinajstić information content (AvgIpc) is 2.91. The molecule has 1 heterocycles. The number of hydrogen-bond donors (Lipinski definition) is 2. The lowest BCUT2D eigenvalue weighted by atomic mass is 9.85. The average molecular weight is 573 g/mol. The Bertz CT molecular complexity index is 1190. The number of carbonyl (C=O) groups is 1. The first-order valence-corrected chi connectivity index (χ1v) is 13.1. The molecule has 13 heteroatoms. The lowest BCUT2D eigenvalue weighted by Crippen LogP contribution is -2.41. The zero-order chi connectivity index (χ0) is 29.1. The minimum Gasteiger partial charge on any atom is -0.382 e. The van der Waals surface area contributed by atoms with E-state index in [0.717, 1.165) is 42.8 Å². The van der Waals surface area contributed by atoms with Crippen LogP contribution < -0.4 is 15.5 Å². The Kier molecular flexibility index (Phi) is 8.79. The summed E-state index contributed by atoms with van der Waals surface area (Å²) in [5.74, 6) is 0.00353. The Morgan fingerprint density at radius 3 is 2.08 bits per heavy atom. The van der Waals surface area contributed by atoms with Crippen molar-refractivity contribution >= 4 is 23.0 Å². The Morgan fingerprint density at radius 2 is 1.52 bits per heavy atom. The molecule has 1 aliphatic heterocycles. The van der Waals surface area contributed by atoms with E-state index in [4.69, 9.17) is 0 Å². The molecule has 1 amide bonds. The molecule has 0 spiro atoms. The first kappa shape index (κ1) is 29.5. The van der Waals surface area contributed by atoms with Gasteiger partial charge in [0, 0.05) is 49.0 Å². The quantitative estimate of drug-likeness (QED) is 0.221. The normalized spacial score (nSPS) is 20.7. The molecule has 2 aromatic rings. The van der Waals surface area contributed by atoms with E-state index in [9.17, 15) is 41.3 Å². The van der Waals surface area contributed by atoms with Crippen LogP contribution in [0.1, 0.15) is 49.7 Å². The molecular weight excluding hydrogens is 542 g/mol. The van der Waals surface area contributed by atoms with Crippen LogP contribution in [0, 0.1) is 22.0 Å². The van der Waals surface area contributed by atoms with Crippen molar-refractivity contribution in [1.29, 1.82) is 0 Å². The molecule has 0 atom stereocenters. The molecule has 2 aliphatic rings. The van der Waals surface area contributed by atoms with Gasteiger partial charge in [-0.1, -0.05) is 0 Å². The lowest BCUT2D eigenvalue weighted by molar-refractivity contribution is -0.388. The number of nitrogens with one attached hydrogen (secondary N) is 2. The van der Waals surface area contributed by atoms with Gasteiger partial charge in [0.2, 0.25) is 5.91 Å². The van der Waals surface area contributed by atoms with Gasteiger partial charge in [-0.3, -0.25) is 14.9 Å². The molecule has 2 N–H and O–H groups in total. The van der Waals surface area contributed by atoms with Gasteiger partial charge in [-0.25, -0.2) is 0 Å². The predicted octanol–water partition coefficient (Wildman–Crippen LogP) is 6.64. The third kappa shape index (κ3) is 7.36. The highest BCUT2D eigenvalue weighted by atomic mass is 19.4. The fourth-order valence-electron chi connectivity index (χ4n) is 5.39. The number of rotatable bonds is 7. The predicted molar refractivity (Wildman–Crippen MR) is 137 cm³/mol. The molecule has 1 saturated carbocycles. The topological polar surface area (TPSA) is 87.5 Å². The highest BCUT2D eigenvalue weighted by Crippen LogP contribution is 2.38. The molecule has 0 bridgehead atoms. The van der Waals surface area contributed by atoms with E-state index in [1.807, 2.05) is 4.90 Å². The highest BCUT2D eigenvalue weighted by Gasteiger charge is 2.39. The van der Waals surface area contributed by atoms with Gasteiger partial charge >= 0.3 is 12.4 Å². The Hall–Kier alpha value is -3.51. The van der Waals surface area contributed by atoms with E-state index in [1.54, 1.807) is 0 Å². The van der Waals surface area contributed by atoms with E-state index >= 15 is 0 Å². The van der Waals surface area contributed by atoms with Crippen molar-refractivity contribution in [1.82, 2.24) is 5.32 Å². The Labute approximate surface area is 227 Å². The molecule has 0 aromatic heterocycles. The number of alkyl halides is 6. The van der Waals surface area contributed by atoms with Gasteiger partial charge in [0.25, 0.3) is 5.69 Å². The second-order valence-electron chi connectivity index (χ2n) is 10.4. The number of piperidine rings is 1. The second-order valence-corrected chi connectivity index (χ2v) is 10.4. The van der Waals surface area contributed by atoms with Crippen LogP contribution in [0.15, 0.2) is 42.5 Å². The van der Waals surface area contributed by atoms with Gasteiger partial charge in [-0.2, -0.15) is 26.3 Å². The number of hydrogen-bond acceptors (Lipinski definition) is 5. The summed E-state index contributed by atoms with van der Waals surface area (Å²) in [5, 5.41) is 17.0. The zero-order valence-corrected chi connectivity index (χ0v) is 21.5. The molecular formula is C27H30F6N4O3. The molecule has 0 radical (unpaired) electrons. The molecule has 0 unspecified atom stereocenters. The molecule has 1 saturated heterocycles. The Morgan fingerprint density at radius 1 is 0.900 bits per heavy atom. The van der Waals surface area contributed by atoms with E-state index < -0.39 is 34.1 Å². The van der Waals surface area contributed by atoms with Crippen molar-refractivity contribution in [3.63, 3.8) is 0 Å². The summed E-state index contributed by atoms with van der Waals surface area (Å²) >= 11 is 0. The molecule has 2 fully saturated rings. The second kappa shape index (κ2) is 11.9. The number of anilines is 2. The summed E-state index contributed by atoms with van der Waals surface area (Å²) in [6.45, 7) is 1.88. The van der Waals surface area contributed by atoms with Gasteiger partial charge in [0.15, 0.2) is 0 Å². The number of benzene rings is 2. The molecule has 218 valence electrons. The summed E-state index contributed by atoms with van der Waals surface area (Å²) in [6.07, 6.45) is -5.35. The minimum absolute atomic E-state index is 0.0571. The van der Waals surface area contributed by atoms with Crippen molar-refractivity contribution in [2.45, 2.75) is 56.9 Å². The van der Waals surface area contributed by atoms with Crippen molar-refractivity contribution in [2.24, 2.45) is 11.8 Å². The van der Waals surface area contributed by atoms with Crippen molar-refractivity contribution in [2.75, 3.05) is 29.9 Å². The first-order chi connectivity index (χ1) is 18.8. The minimum atomic E-state index is -4.85. The number of nitro groups is 1. The molecule has 1 aliphatic carbocycles. The molecule has 7 nitrogen and oxygen atoms in total. The maximum atomic E-state index is 13.2. The van der Waals surface area contributed by atoms with Crippen molar-refractivity contribution in [3.05, 3.63) is 63.7 Å². The molecule has 4 rings (SSSR count). The number of amides is 1. The summed E-state index contributed by atoms with van der Waals surface area (Å²) in [4.78, 5) is 24.7. The monoisotopic (exact) mass is 572 g/mol. The molecule has 2 aromatic carbocycles. The highest BCUT2D eigenvalue weighted by molar-refractivity contribution is 5.78. The number of nitrogens with zero attached hydrogens (tertiary/aromatic N) is 2. The van der Waals surface area contributed by atoms with Gasteiger partial charge in [0.1, 0.15) is 5.56 Å².